The summed E-state index contributed by atoms with van der Waals surface area (Å²) in [7, 11) is 0. The highest BCUT2D eigenvalue weighted by Gasteiger charge is 2.30. The van der Waals surface area contributed by atoms with Gasteiger partial charge in [0.2, 0.25) is 5.91 Å². The van der Waals surface area contributed by atoms with Crippen LogP contribution in [0.1, 0.15) is 17.3 Å². The van der Waals surface area contributed by atoms with E-state index in [1.54, 1.807) is 6.92 Å². The van der Waals surface area contributed by atoms with Gasteiger partial charge in [0, 0.05) is 35.8 Å². The summed E-state index contributed by atoms with van der Waals surface area (Å²) in [6.45, 7) is 2.31. The summed E-state index contributed by atoms with van der Waals surface area (Å²) in [6, 6.07) is 3.07. The molecule has 1 aliphatic rings. The van der Waals surface area contributed by atoms with Gasteiger partial charge in [0.15, 0.2) is 0 Å². The molecule has 0 saturated carbocycles. The zero-order valence-electron chi connectivity index (χ0n) is 10.6. The second kappa shape index (κ2) is 5.46. The van der Waals surface area contributed by atoms with E-state index in [0.717, 1.165) is 6.07 Å². The van der Waals surface area contributed by atoms with Crippen molar-refractivity contribution >= 4 is 29.1 Å². The topological polar surface area (TPSA) is 92.6 Å². The zero-order valence-corrected chi connectivity index (χ0v) is 11.4. The molecule has 2 amide bonds. The maximum Gasteiger partial charge on any atom is 0.271 e. The molecule has 1 N–H and O–H groups in total. The molecule has 1 unspecified atom stereocenters. The molecular formula is C12H12ClN3O4. The number of benzene rings is 1. The summed E-state index contributed by atoms with van der Waals surface area (Å²) in [5.41, 5.74) is -0.152. The van der Waals surface area contributed by atoms with E-state index in [0.29, 0.717) is 13.1 Å². The normalized spacial score (nSPS) is 18.6. The van der Waals surface area contributed by atoms with Gasteiger partial charge >= 0.3 is 0 Å². The summed E-state index contributed by atoms with van der Waals surface area (Å²) >= 11 is 5.79. The standard InChI is InChI=1S/C12H12ClN3O4/c1-7-11(17)14-2-3-15(7)12(18)8-4-9(13)6-10(5-8)16(19)20/h4-7H,2-3H2,1H3,(H,14,17). The van der Waals surface area contributed by atoms with Crippen LogP contribution in [-0.2, 0) is 4.79 Å². The number of hydrogen-bond acceptors (Lipinski definition) is 4. The average Bonchev–Trinajstić information content (AvgIpc) is 2.40. The van der Waals surface area contributed by atoms with Crippen LogP contribution in [-0.4, -0.2) is 40.8 Å². The van der Waals surface area contributed by atoms with Gasteiger partial charge < -0.3 is 10.2 Å². The molecule has 1 fully saturated rings. The number of piperazine rings is 1. The highest BCUT2D eigenvalue weighted by molar-refractivity contribution is 6.31. The quantitative estimate of drug-likeness (QED) is 0.656. The van der Waals surface area contributed by atoms with Crippen LogP contribution in [0.5, 0.6) is 0 Å². The van der Waals surface area contributed by atoms with E-state index in [2.05, 4.69) is 5.32 Å². The van der Waals surface area contributed by atoms with E-state index in [1.807, 2.05) is 0 Å². The molecule has 1 saturated heterocycles. The Morgan fingerprint density at radius 1 is 1.50 bits per heavy atom. The fourth-order valence-electron chi connectivity index (χ4n) is 2.03. The van der Waals surface area contributed by atoms with Crippen LogP contribution in [0.4, 0.5) is 5.69 Å². The molecule has 1 aliphatic heterocycles. The Bertz CT molecular complexity index is 590. The van der Waals surface area contributed by atoms with Crippen LogP contribution in [0.25, 0.3) is 0 Å². The lowest BCUT2D eigenvalue weighted by Gasteiger charge is -2.32. The van der Waals surface area contributed by atoms with Gasteiger partial charge in [-0.15, -0.1) is 0 Å². The van der Waals surface area contributed by atoms with Crippen LogP contribution < -0.4 is 5.32 Å². The van der Waals surface area contributed by atoms with Gasteiger partial charge in [-0.25, -0.2) is 0 Å². The Labute approximate surface area is 119 Å². The number of halogens is 1. The Hall–Kier alpha value is -2.15. The van der Waals surface area contributed by atoms with Crippen molar-refractivity contribution in [3.8, 4) is 0 Å². The molecule has 0 aliphatic carbocycles. The lowest BCUT2D eigenvalue weighted by Crippen LogP contribution is -2.55. The molecule has 1 atom stereocenters. The third-order valence-corrected chi connectivity index (χ3v) is 3.32. The molecule has 0 aromatic heterocycles. The van der Waals surface area contributed by atoms with Crippen molar-refractivity contribution < 1.29 is 14.5 Å². The van der Waals surface area contributed by atoms with Crippen LogP contribution in [0.3, 0.4) is 0 Å². The van der Waals surface area contributed by atoms with E-state index >= 15 is 0 Å². The summed E-state index contributed by atoms with van der Waals surface area (Å²) in [4.78, 5) is 35.4. The number of carbonyl (C=O) groups excluding carboxylic acids is 2. The monoisotopic (exact) mass is 297 g/mol. The molecule has 1 aromatic rings. The molecule has 106 valence electrons. The smallest absolute Gasteiger partial charge is 0.271 e. The SMILES string of the molecule is CC1C(=O)NCCN1C(=O)c1cc(Cl)cc([N+](=O)[O-])c1. The van der Waals surface area contributed by atoms with Crippen molar-refractivity contribution in [1.29, 1.82) is 0 Å². The number of rotatable bonds is 2. The summed E-state index contributed by atoms with van der Waals surface area (Å²) < 4.78 is 0. The first-order chi connectivity index (χ1) is 9.40. The molecule has 2 rings (SSSR count). The van der Waals surface area contributed by atoms with Gasteiger partial charge in [0.05, 0.1) is 4.92 Å². The van der Waals surface area contributed by atoms with E-state index in [1.165, 1.54) is 17.0 Å². The number of nitrogens with zero attached hydrogens (tertiary/aromatic N) is 2. The van der Waals surface area contributed by atoms with Crippen molar-refractivity contribution in [2.45, 2.75) is 13.0 Å². The first kappa shape index (κ1) is 14.3. The van der Waals surface area contributed by atoms with Gasteiger partial charge in [-0.3, -0.25) is 19.7 Å². The van der Waals surface area contributed by atoms with Crippen molar-refractivity contribution in [1.82, 2.24) is 10.2 Å². The minimum Gasteiger partial charge on any atom is -0.353 e. The highest BCUT2D eigenvalue weighted by atomic mass is 35.5. The average molecular weight is 298 g/mol. The van der Waals surface area contributed by atoms with Crippen LogP contribution >= 0.6 is 11.6 Å². The predicted molar refractivity (Wildman–Crippen MR) is 71.6 cm³/mol. The van der Waals surface area contributed by atoms with Crippen molar-refractivity contribution in [3.05, 3.63) is 38.9 Å². The zero-order chi connectivity index (χ0) is 14.9. The fraction of sp³-hybridized carbons (Fsp3) is 0.333. The number of hydrogen-bond donors (Lipinski definition) is 1. The Balaban J connectivity index is 2.33. The third-order valence-electron chi connectivity index (χ3n) is 3.10. The van der Waals surface area contributed by atoms with Crippen LogP contribution in [0.2, 0.25) is 5.02 Å². The molecule has 0 radical (unpaired) electrons. The number of nitrogens with one attached hydrogen (secondary N) is 1. The van der Waals surface area contributed by atoms with E-state index < -0.39 is 16.9 Å². The van der Waals surface area contributed by atoms with E-state index in [9.17, 15) is 19.7 Å². The van der Waals surface area contributed by atoms with Crippen molar-refractivity contribution in [3.63, 3.8) is 0 Å². The van der Waals surface area contributed by atoms with Crippen LogP contribution in [0, 0.1) is 10.1 Å². The summed E-state index contributed by atoms with van der Waals surface area (Å²) in [5.74, 6) is -0.695. The summed E-state index contributed by atoms with van der Waals surface area (Å²) in [5, 5.41) is 13.5. The van der Waals surface area contributed by atoms with E-state index in [4.69, 9.17) is 11.6 Å². The number of non-ortho nitro benzene ring substituents is 1. The molecule has 0 bridgehead atoms. The minimum absolute atomic E-state index is 0.103. The van der Waals surface area contributed by atoms with Gasteiger partial charge in [-0.05, 0) is 13.0 Å². The maximum atomic E-state index is 12.3. The Kier molecular flexibility index (Phi) is 3.89. The fourth-order valence-corrected chi connectivity index (χ4v) is 2.26. The van der Waals surface area contributed by atoms with Crippen LogP contribution in [0.15, 0.2) is 18.2 Å². The molecule has 1 heterocycles. The first-order valence-electron chi connectivity index (χ1n) is 5.94. The van der Waals surface area contributed by atoms with E-state index in [-0.39, 0.29) is 22.2 Å². The minimum atomic E-state index is -0.616. The second-order valence-electron chi connectivity index (χ2n) is 4.42. The first-order valence-corrected chi connectivity index (χ1v) is 6.31. The lowest BCUT2D eigenvalue weighted by molar-refractivity contribution is -0.384. The largest absolute Gasteiger partial charge is 0.353 e. The van der Waals surface area contributed by atoms with Gasteiger partial charge in [0.25, 0.3) is 11.6 Å². The predicted octanol–water partition coefficient (Wildman–Crippen LogP) is 1.21. The van der Waals surface area contributed by atoms with Crippen molar-refractivity contribution in [2.24, 2.45) is 0 Å². The second-order valence-corrected chi connectivity index (χ2v) is 4.86. The molecule has 8 heteroatoms. The molecule has 1 aromatic carbocycles. The highest BCUT2D eigenvalue weighted by Crippen LogP contribution is 2.22. The number of nitro benzene ring substituents is 1. The number of nitro groups is 1. The molecular weight excluding hydrogens is 286 g/mol. The molecule has 20 heavy (non-hydrogen) atoms. The Morgan fingerprint density at radius 3 is 2.85 bits per heavy atom. The van der Waals surface area contributed by atoms with Crippen molar-refractivity contribution in [2.75, 3.05) is 13.1 Å². The van der Waals surface area contributed by atoms with Gasteiger partial charge in [0.1, 0.15) is 6.04 Å². The number of amides is 2. The lowest BCUT2D eigenvalue weighted by atomic mass is 10.1. The molecule has 0 spiro atoms. The molecule has 7 nitrogen and oxygen atoms in total. The third kappa shape index (κ3) is 2.72. The Morgan fingerprint density at radius 2 is 2.20 bits per heavy atom. The number of carbonyl (C=O) groups is 2. The van der Waals surface area contributed by atoms with Gasteiger partial charge in [-0.1, -0.05) is 11.6 Å². The summed E-state index contributed by atoms with van der Waals surface area (Å²) in [6.07, 6.45) is 0. The maximum absolute atomic E-state index is 12.3. The van der Waals surface area contributed by atoms with Gasteiger partial charge in [-0.2, -0.15) is 0 Å².